The zero-order valence-corrected chi connectivity index (χ0v) is 7.16. The third-order valence-electron chi connectivity index (χ3n) is 1.73. The number of nitrogens with zero attached hydrogens (tertiary/aromatic N) is 1. The normalized spacial score (nSPS) is 9.42. The molecule has 0 bridgehead atoms. The second-order valence-electron chi connectivity index (χ2n) is 2.59. The van der Waals surface area contributed by atoms with Crippen LogP contribution in [0.15, 0.2) is 30.3 Å². The van der Waals surface area contributed by atoms with Gasteiger partial charge in [0.05, 0.1) is 0 Å². The molecule has 12 heavy (non-hydrogen) atoms. The van der Waals surface area contributed by atoms with E-state index in [-0.39, 0.29) is 0 Å². The minimum absolute atomic E-state index is 0.654. The van der Waals surface area contributed by atoms with Crippen LogP contribution in [0.2, 0.25) is 0 Å². The number of hydrogen-bond acceptors (Lipinski definition) is 1. The Bertz CT molecular complexity index is 233. The first-order valence-electron chi connectivity index (χ1n) is 4.03. The summed E-state index contributed by atoms with van der Waals surface area (Å²) in [6, 6.07) is 9.90. The Labute approximate surface area is 72.8 Å². The summed E-state index contributed by atoms with van der Waals surface area (Å²) in [5.74, 6) is 0. The third kappa shape index (κ3) is 2.38. The van der Waals surface area contributed by atoms with Crippen molar-refractivity contribution >= 4 is 6.41 Å². The molecule has 0 spiro atoms. The first-order valence-corrected chi connectivity index (χ1v) is 4.03. The van der Waals surface area contributed by atoms with Gasteiger partial charge in [0, 0.05) is 13.1 Å². The lowest BCUT2D eigenvalue weighted by atomic mass is 10.2. The summed E-state index contributed by atoms with van der Waals surface area (Å²) in [7, 11) is 0. The van der Waals surface area contributed by atoms with Gasteiger partial charge in [-0.3, -0.25) is 4.79 Å². The van der Waals surface area contributed by atoms with Gasteiger partial charge in [-0.1, -0.05) is 30.3 Å². The SMILES string of the molecule is CCN([C]=O)Cc1ccccc1. The molecule has 63 valence electrons. The molecule has 0 aliphatic rings. The largest absolute Gasteiger partial charge is 0.330 e. The van der Waals surface area contributed by atoms with E-state index in [2.05, 4.69) is 0 Å². The van der Waals surface area contributed by atoms with Crippen LogP contribution in [0.4, 0.5) is 0 Å². The first-order chi connectivity index (χ1) is 5.86. The average molecular weight is 162 g/mol. The minimum atomic E-state index is 0.654. The fourth-order valence-electron chi connectivity index (χ4n) is 1.01. The van der Waals surface area contributed by atoms with Crippen LogP contribution in [0, 0.1) is 0 Å². The summed E-state index contributed by atoms with van der Waals surface area (Å²) in [5.41, 5.74) is 1.14. The molecule has 0 fully saturated rings. The van der Waals surface area contributed by atoms with Gasteiger partial charge in [-0.2, -0.15) is 0 Å². The van der Waals surface area contributed by atoms with Gasteiger partial charge >= 0.3 is 6.41 Å². The predicted octanol–water partition coefficient (Wildman–Crippen LogP) is 1.58. The maximum Gasteiger partial charge on any atom is 0.312 e. The molecule has 2 nitrogen and oxygen atoms in total. The molecule has 0 saturated heterocycles. The Morgan fingerprint density at radius 2 is 2.00 bits per heavy atom. The number of benzene rings is 1. The standard InChI is InChI=1S/C10H12NO/c1-2-11(9-12)8-10-6-4-3-5-7-10/h3-7H,2,8H2,1H3. The smallest absolute Gasteiger partial charge is 0.312 e. The fraction of sp³-hybridized carbons (Fsp3) is 0.300. The quantitative estimate of drug-likeness (QED) is 0.615. The predicted molar refractivity (Wildman–Crippen MR) is 48.2 cm³/mol. The Hall–Kier alpha value is -1.31. The van der Waals surface area contributed by atoms with E-state index in [9.17, 15) is 4.79 Å². The van der Waals surface area contributed by atoms with Gasteiger partial charge in [0.2, 0.25) is 0 Å². The number of amides is 1. The second-order valence-corrected chi connectivity index (χ2v) is 2.59. The van der Waals surface area contributed by atoms with E-state index in [4.69, 9.17) is 0 Å². The van der Waals surface area contributed by atoms with Crippen LogP contribution in [-0.2, 0) is 11.3 Å². The Morgan fingerprint density at radius 3 is 2.50 bits per heavy atom. The van der Waals surface area contributed by atoms with Gasteiger partial charge < -0.3 is 4.90 Å². The highest BCUT2D eigenvalue weighted by Crippen LogP contribution is 2.01. The summed E-state index contributed by atoms with van der Waals surface area (Å²) in [4.78, 5) is 11.9. The van der Waals surface area contributed by atoms with E-state index < -0.39 is 0 Å². The van der Waals surface area contributed by atoms with Crippen molar-refractivity contribution in [2.24, 2.45) is 0 Å². The topological polar surface area (TPSA) is 20.3 Å². The van der Waals surface area contributed by atoms with E-state index in [1.807, 2.05) is 43.7 Å². The molecule has 1 rings (SSSR count). The Balaban J connectivity index is 2.56. The van der Waals surface area contributed by atoms with Crippen LogP contribution in [0.3, 0.4) is 0 Å². The maximum absolute atomic E-state index is 10.3. The molecule has 0 N–H and O–H groups in total. The maximum atomic E-state index is 10.3. The molecule has 2 heteroatoms. The summed E-state index contributed by atoms with van der Waals surface area (Å²) >= 11 is 0. The molecule has 0 heterocycles. The van der Waals surface area contributed by atoms with E-state index in [0.29, 0.717) is 13.1 Å². The average Bonchev–Trinajstić information content (AvgIpc) is 2.16. The van der Waals surface area contributed by atoms with Gasteiger partial charge in [0.25, 0.3) is 0 Å². The van der Waals surface area contributed by atoms with Gasteiger partial charge in [-0.05, 0) is 12.5 Å². The van der Waals surface area contributed by atoms with Crippen molar-refractivity contribution in [1.29, 1.82) is 0 Å². The van der Waals surface area contributed by atoms with Crippen LogP contribution in [0.25, 0.3) is 0 Å². The third-order valence-corrected chi connectivity index (χ3v) is 1.73. The lowest BCUT2D eigenvalue weighted by Crippen LogP contribution is -2.20. The number of carbonyl (C=O) groups excluding carboxylic acids is 1. The molecule has 1 radical (unpaired) electrons. The fourth-order valence-corrected chi connectivity index (χ4v) is 1.01. The van der Waals surface area contributed by atoms with Crippen molar-refractivity contribution in [1.82, 2.24) is 4.90 Å². The Kier molecular flexibility index (Phi) is 3.33. The van der Waals surface area contributed by atoms with Crippen molar-refractivity contribution in [3.05, 3.63) is 35.9 Å². The van der Waals surface area contributed by atoms with Crippen molar-refractivity contribution in [2.45, 2.75) is 13.5 Å². The summed E-state index contributed by atoms with van der Waals surface area (Å²) < 4.78 is 0. The van der Waals surface area contributed by atoms with Crippen LogP contribution < -0.4 is 0 Å². The van der Waals surface area contributed by atoms with Crippen LogP contribution >= 0.6 is 0 Å². The molecule has 1 amide bonds. The van der Waals surface area contributed by atoms with Gasteiger partial charge in [0.1, 0.15) is 0 Å². The van der Waals surface area contributed by atoms with Crippen molar-refractivity contribution in [3.63, 3.8) is 0 Å². The lowest BCUT2D eigenvalue weighted by molar-refractivity contribution is 0.389. The second kappa shape index (κ2) is 4.54. The molecule has 1 aromatic carbocycles. The molecule has 0 aromatic heterocycles. The van der Waals surface area contributed by atoms with Crippen LogP contribution in [0.5, 0.6) is 0 Å². The Morgan fingerprint density at radius 1 is 1.33 bits per heavy atom. The minimum Gasteiger partial charge on any atom is -0.330 e. The molecule has 0 saturated carbocycles. The molecular formula is C10H12NO. The van der Waals surface area contributed by atoms with Crippen LogP contribution in [-0.4, -0.2) is 17.9 Å². The van der Waals surface area contributed by atoms with Crippen molar-refractivity contribution in [3.8, 4) is 0 Å². The van der Waals surface area contributed by atoms with E-state index in [1.165, 1.54) is 0 Å². The van der Waals surface area contributed by atoms with Gasteiger partial charge in [-0.25, -0.2) is 0 Å². The molecule has 0 aliphatic heterocycles. The molecule has 0 atom stereocenters. The van der Waals surface area contributed by atoms with E-state index in [0.717, 1.165) is 5.56 Å². The molecule has 1 aromatic rings. The highest BCUT2D eigenvalue weighted by Gasteiger charge is 1.99. The van der Waals surface area contributed by atoms with Crippen molar-refractivity contribution in [2.75, 3.05) is 6.54 Å². The zero-order valence-electron chi connectivity index (χ0n) is 7.16. The summed E-state index contributed by atoms with van der Waals surface area (Å²) in [6.07, 6.45) is 1.88. The first kappa shape index (κ1) is 8.78. The number of rotatable bonds is 4. The lowest BCUT2D eigenvalue weighted by Gasteiger charge is -2.12. The monoisotopic (exact) mass is 162 g/mol. The van der Waals surface area contributed by atoms with E-state index >= 15 is 0 Å². The summed E-state index contributed by atoms with van der Waals surface area (Å²) in [6.45, 7) is 3.30. The van der Waals surface area contributed by atoms with Gasteiger partial charge in [-0.15, -0.1) is 0 Å². The van der Waals surface area contributed by atoms with E-state index in [1.54, 1.807) is 4.90 Å². The number of hydrogen-bond donors (Lipinski definition) is 0. The highest BCUT2D eigenvalue weighted by molar-refractivity contribution is 5.48. The molecule has 0 unspecified atom stereocenters. The summed E-state index contributed by atoms with van der Waals surface area (Å²) in [5, 5.41) is 0. The molecule has 0 aliphatic carbocycles. The highest BCUT2D eigenvalue weighted by atomic mass is 16.1. The zero-order chi connectivity index (χ0) is 8.81. The molecular weight excluding hydrogens is 150 g/mol. The van der Waals surface area contributed by atoms with Gasteiger partial charge in [0.15, 0.2) is 0 Å². The van der Waals surface area contributed by atoms with Crippen molar-refractivity contribution < 1.29 is 4.79 Å². The van der Waals surface area contributed by atoms with Crippen LogP contribution in [0.1, 0.15) is 12.5 Å².